The fourth-order valence-corrected chi connectivity index (χ4v) is 4.72. The highest BCUT2D eigenvalue weighted by Gasteiger charge is 2.35. The zero-order valence-corrected chi connectivity index (χ0v) is 16.6. The molecule has 156 valence electrons. The van der Waals surface area contributed by atoms with E-state index in [-0.39, 0.29) is 23.0 Å². The Morgan fingerprint density at radius 3 is 1.17 bits per heavy atom. The van der Waals surface area contributed by atoms with Gasteiger partial charge in [0.05, 0.1) is 51.5 Å². The van der Waals surface area contributed by atoms with Crippen molar-refractivity contribution in [3.63, 3.8) is 0 Å². The van der Waals surface area contributed by atoms with Gasteiger partial charge in [-0.05, 0) is 24.3 Å². The number of rotatable bonds is 8. The van der Waals surface area contributed by atoms with Crippen molar-refractivity contribution in [1.82, 2.24) is 0 Å². The third-order valence-corrected chi connectivity index (χ3v) is 5.88. The standard InChI is InChI=1S/C18H18O10S/c1-25-9-5-7-11(27-3)15(13(9)17(19)20)29(23,24)16-12(28-4)8-6-10(26-2)14(16)18(21)22/h5-8H,1-4H3,(H,19,20)(H,21,22)/p-2. The first-order chi connectivity index (χ1) is 13.6. The van der Waals surface area contributed by atoms with E-state index in [1.54, 1.807) is 0 Å². The van der Waals surface area contributed by atoms with Crippen molar-refractivity contribution in [2.75, 3.05) is 28.4 Å². The van der Waals surface area contributed by atoms with Crippen molar-refractivity contribution >= 4 is 21.8 Å². The van der Waals surface area contributed by atoms with Crippen LogP contribution in [0.25, 0.3) is 0 Å². The molecule has 0 saturated heterocycles. The summed E-state index contributed by atoms with van der Waals surface area (Å²) in [5.74, 6) is -5.17. The van der Waals surface area contributed by atoms with Crippen molar-refractivity contribution < 1.29 is 47.2 Å². The monoisotopic (exact) mass is 424 g/mol. The van der Waals surface area contributed by atoms with Gasteiger partial charge < -0.3 is 38.7 Å². The van der Waals surface area contributed by atoms with Crippen LogP contribution in [-0.2, 0) is 9.84 Å². The van der Waals surface area contributed by atoms with Gasteiger partial charge in [-0.15, -0.1) is 0 Å². The zero-order valence-electron chi connectivity index (χ0n) is 15.8. The van der Waals surface area contributed by atoms with Crippen LogP contribution >= 0.6 is 0 Å². The summed E-state index contributed by atoms with van der Waals surface area (Å²) in [5.41, 5.74) is -1.69. The molecule has 0 aliphatic rings. The highest BCUT2D eigenvalue weighted by Crippen LogP contribution is 2.43. The predicted octanol–water partition coefficient (Wildman–Crippen LogP) is -0.719. The Kier molecular flexibility index (Phi) is 6.22. The van der Waals surface area contributed by atoms with Gasteiger partial charge in [0.15, 0.2) is 0 Å². The molecule has 0 bridgehead atoms. The summed E-state index contributed by atoms with van der Waals surface area (Å²) in [4.78, 5) is 21.8. The Morgan fingerprint density at radius 2 is 0.931 bits per heavy atom. The molecule has 0 aromatic heterocycles. The molecule has 2 aromatic carbocycles. The molecular formula is C18H16O10S-2. The second-order valence-corrected chi connectivity index (χ2v) is 7.25. The molecule has 2 aromatic rings. The number of carbonyl (C=O) groups excluding carboxylic acids is 2. The molecule has 0 aliphatic carbocycles. The summed E-state index contributed by atoms with van der Waals surface area (Å²) >= 11 is 0. The number of ether oxygens (including phenoxy) is 4. The van der Waals surface area contributed by atoms with Gasteiger partial charge in [-0.2, -0.15) is 0 Å². The Balaban J connectivity index is 3.10. The van der Waals surface area contributed by atoms with Crippen LogP contribution in [0.3, 0.4) is 0 Å². The van der Waals surface area contributed by atoms with E-state index < -0.39 is 42.7 Å². The molecule has 0 fully saturated rings. The highest BCUT2D eigenvalue weighted by molar-refractivity contribution is 7.92. The van der Waals surface area contributed by atoms with Crippen molar-refractivity contribution in [3.8, 4) is 23.0 Å². The van der Waals surface area contributed by atoms with Crippen molar-refractivity contribution in [3.05, 3.63) is 35.4 Å². The Labute approximate surface area is 166 Å². The maximum atomic E-state index is 13.5. The van der Waals surface area contributed by atoms with Gasteiger partial charge in [-0.3, -0.25) is 0 Å². The molecule has 29 heavy (non-hydrogen) atoms. The largest absolute Gasteiger partial charge is 0.545 e. The summed E-state index contributed by atoms with van der Waals surface area (Å²) in [6.45, 7) is 0. The number of carboxylic acid groups (broad SMARTS) is 2. The first kappa shape index (κ1) is 21.8. The fourth-order valence-electron chi connectivity index (χ4n) is 2.77. The summed E-state index contributed by atoms with van der Waals surface area (Å²) in [6, 6.07) is 4.66. The molecule has 0 saturated carbocycles. The minimum absolute atomic E-state index is 0.332. The van der Waals surface area contributed by atoms with E-state index in [2.05, 4.69) is 0 Å². The lowest BCUT2D eigenvalue weighted by Crippen LogP contribution is -2.28. The van der Waals surface area contributed by atoms with Crippen molar-refractivity contribution in [2.24, 2.45) is 0 Å². The Bertz CT molecular complexity index is 993. The number of methoxy groups -OCH3 is 4. The van der Waals surface area contributed by atoms with Crippen LogP contribution < -0.4 is 29.2 Å². The molecule has 0 atom stereocenters. The summed E-state index contributed by atoms with van der Waals surface area (Å²) < 4.78 is 46.9. The van der Waals surface area contributed by atoms with E-state index in [9.17, 15) is 28.2 Å². The third kappa shape index (κ3) is 3.63. The second-order valence-electron chi connectivity index (χ2n) is 5.43. The molecule has 0 unspecified atom stereocenters. The molecule has 11 heteroatoms. The number of aromatic carboxylic acids is 2. The maximum absolute atomic E-state index is 13.5. The predicted molar refractivity (Wildman–Crippen MR) is 93.2 cm³/mol. The van der Waals surface area contributed by atoms with Crippen LogP contribution in [0, 0.1) is 0 Å². The van der Waals surface area contributed by atoms with Crippen LogP contribution in [0.15, 0.2) is 34.1 Å². The van der Waals surface area contributed by atoms with Crippen LogP contribution in [0.5, 0.6) is 23.0 Å². The molecule has 0 radical (unpaired) electrons. The van der Waals surface area contributed by atoms with Gasteiger partial charge in [0, 0.05) is 0 Å². The SMILES string of the molecule is COc1ccc(OC)c(S(=O)(=O)c2c(OC)ccc(OC)c2C(=O)[O-])c1C(=O)[O-]. The summed E-state index contributed by atoms with van der Waals surface area (Å²) in [5, 5.41) is 23.5. The second kappa shape index (κ2) is 8.27. The Morgan fingerprint density at radius 1 is 0.655 bits per heavy atom. The molecule has 0 amide bonds. The molecule has 0 heterocycles. The van der Waals surface area contributed by atoms with Crippen molar-refractivity contribution in [1.29, 1.82) is 0 Å². The van der Waals surface area contributed by atoms with Gasteiger partial charge >= 0.3 is 0 Å². The zero-order chi connectivity index (χ0) is 21.9. The first-order valence-corrected chi connectivity index (χ1v) is 9.31. The summed E-state index contributed by atoms with van der Waals surface area (Å²) in [7, 11) is -0.409. The number of carbonyl (C=O) groups is 2. The van der Waals surface area contributed by atoms with Crippen LogP contribution in [0.1, 0.15) is 20.7 Å². The van der Waals surface area contributed by atoms with Crippen LogP contribution in [-0.4, -0.2) is 48.8 Å². The third-order valence-electron chi connectivity index (χ3n) is 3.99. The number of hydrogen-bond donors (Lipinski definition) is 0. The van der Waals surface area contributed by atoms with Crippen molar-refractivity contribution in [2.45, 2.75) is 9.79 Å². The first-order valence-electron chi connectivity index (χ1n) is 7.83. The molecule has 0 spiro atoms. The maximum Gasteiger partial charge on any atom is 0.215 e. The highest BCUT2D eigenvalue weighted by atomic mass is 32.2. The normalized spacial score (nSPS) is 10.9. The van der Waals surface area contributed by atoms with Gasteiger partial charge in [-0.25, -0.2) is 8.42 Å². The number of hydrogen-bond acceptors (Lipinski definition) is 10. The molecule has 10 nitrogen and oxygen atoms in total. The van der Waals surface area contributed by atoms with Gasteiger partial charge in [0.25, 0.3) is 0 Å². The van der Waals surface area contributed by atoms with E-state index in [4.69, 9.17) is 18.9 Å². The minimum atomic E-state index is -4.89. The Hall–Kier alpha value is -3.47. The molecular weight excluding hydrogens is 408 g/mol. The number of benzene rings is 2. The molecule has 2 rings (SSSR count). The van der Waals surface area contributed by atoms with Crippen LogP contribution in [0.2, 0.25) is 0 Å². The lowest BCUT2D eigenvalue weighted by Gasteiger charge is -2.22. The van der Waals surface area contributed by atoms with E-state index in [0.29, 0.717) is 0 Å². The average Bonchev–Trinajstić information content (AvgIpc) is 2.70. The minimum Gasteiger partial charge on any atom is -0.545 e. The van der Waals surface area contributed by atoms with Gasteiger partial charge in [-0.1, -0.05) is 0 Å². The van der Waals surface area contributed by atoms with E-state index in [1.807, 2.05) is 0 Å². The van der Waals surface area contributed by atoms with Gasteiger partial charge in [0.2, 0.25) is 9.84 Å². The molecule has 0 N–H and O–H groups in total. The fraction of sp³-hybridized carbons (Fsp3) is 0.222. The number of sulfone groups is 1. The number of carboxylic acids is 2. The van der Waals surface area contributed by atoms with E-state index in [1.165, 1.54) is 12.1 Å². The topological polar surface area (TPSA) is 151 Å². The average molecular weight is 424 g/mol. The molecule has 0 aliphatic heterocycles. The summed E-state index contributed by atoms with van der Waals surface area (Å²) in [6.07, 6.45) is 0. The lowest BCUT2D eigenvalue weighted by atomic mass is 10.2. The van der Waals surface area contributed by atoms with E-state index in [0.717, 1.165) is 40.6 Å². The quantitative estimate of drug-likeness (QED) is 0.531. The van der Waals surface area contributed by atoms with Crippen LogP contribution in [0.4, 0.5) is 0 Å². The van der Waals surface area contributed by atoms with E-state index >= 15 is 0 Å². The lowest BCUT2D eigenvalue weighted by molar-refractivity contribution is -0.256. The smallest absolute Gasteiger partial charge is 0.215 e. The van der Waals surface area contributed by atoms with Gasteiger partial charge in [0.1, 0.15) is 32.8 Å².